The molecule has 0 saturated carbocycles. The third kappa shape index (κ3) is 3.13. The number of carbonyl (C=O) groups is 1. The van der Waals surface area contributed by atoms with Crippen molar-refractivity contribution in [3.8, 4) is 11.4 Å². The minimum Gasteiger partial charge on any atom is -0.478 e. The first kappa shape index (κ1) is 15.8. The second-order valence-corrected chi connectivity index (χ2v) is 5.20. The van der Waals surface area contributed by atoms with Crippen LogP contribution in [-0.2, 0) is 0 Å². The Morgan fingerprint density at radius 3 is 2.62 bits per heavy atom. The van der Waals surface area contributed by atoms with E-state index in [0.29, 0.717) is 5.56 Å². The number of nitrogens with one attached hydrogen (secondary N) is 1. The van der Waals surface area contributed by atoms with Crippen LogP contribution in [0.5, 0.6) is 0 Å². The lowest BCUT2D eigenvalue weighted by molar-refractivity contribution is 0.0697. The zero-order chi connectivity index (χ0) is 17.1. The number of aromatic carboxylic acids is 1. The van der Waals surface area contributed by atoms with Gasteiger partial charge in [-0.25, -0.2) is 14.3 Å². The number of hydrogen-bond donors (Lipinski definition) is 2. The highest BCUT2D eigenvalue weighted by molar-refractivity contribution is 7.71. The minimum atomic E-state index is -1.00. The van der Waals surface area contributed by atoms with E-state index >= 15 is 0 Å². The average Bonchev–Trinajstić information content (AvgIpc) is 2.94. The van der Waals surface area contributed by atoms with Crippen LogP contribution in [0.2, 0.25) is 0 Å². The van der Waals surface area contributed by atoms with E-state index in [1.165, 1.54) is 29.1 Å². The van der Waals surface area contributed by atoms with Gasteiger partial charge in [0.15, 0.2) is 5.82 Å². The molecule has 0 aliphatic rings. The van der Waals surface area contributed by atoms with Crippen LogP contribution in [0, 0.1) is 10.6 Å². The van der Waals surface area contributed by atoms with Gasteiger partial charge in [-0.2, -0.15) is 14.9 Å². The zero-order valence-corrected chi connectivity index (χ0v) is 13.0. The number of rotatable bonds is 4. The van der Waals surface area contributed by atoms with Gasteiger partial charge in [0.25, 0.3) is 0 Å². The van der Waals surface area contributed by atoms with E-state index in [1.807, 2.05) is 0 Å². The lowest BCUT2D eigenvalue weighted by Crippen LogP contribution is -1.98. The zero-order valence-electron chi connectivity index (χ0n) is 12.2. The molecule has 0 spiro atoms. The fourth-order valence-electron chi connectivity index (χ4n) is 2.05. The monoisotopic (exact) mass is 342 g/mol. The molecule has 2 aromatic carbocycles. The van der Waals surface area contributed by atoms with Gasteiger partial charge in [0.05, 0.1) is 17.3 Å². The first-order valence-corrected chi connectivity index (χ1v) is 7.27. The molecular weight excluding hydrogens is 331 g/mol. The normalized spacial score (nSPS) is 11.0. The van der Waals surface area contributed by atoms with Gasteiger partial charge in [-0.15, -0.1) is 0 Å². The molecule has 0 radical (unpaired) electrons. The van der Waals surface area contributed by atoms with Crippen molar-refractivity contribution in [2.75, 3.05) is 0 Å². The van der Waals surface area contributed by atoms with Crippen molar-refractivity contribution in [2.45, 2.75) is 0 Å². The van der Waals surface area contributed by atoms with Crippen LogP contribution in [0.25, 0.3) is 11.4 Å². The van der Waals surface area contributed by atoms with E-state index in [4.69, 9.17) is 17.3 Å². The lowest BCUT2D eigenvalue weighted by atomic mass is 10.1. The highest BCUT2D eigenvalue weighted by Crippen LogP contribution is 2.20. The van der Waals surface area contributed by atoms with E-state index in [9.17, 15) is 9.18 Å². The molecule has 0 bridgehead atoms. The molecule has 0 unspecified atom stereocenters. The van der Waals surface area contributed by atoms with Crippen molar-refractivity contribution < 1.29 is 14.3 Å². The van der Waals surface area contributed by atoms with Crippen molar-refractivity contribution in [1.29, 1.82) is 0 Å². The molecular formula is C16H11FN4O2S. The molecule has 0 saturated heterocycles. The van der Waals surface area contributed by atoms with Crippen LogP contribution in [0.3, 0.4) is 0 Å². The Balaban J connectivity index is 1.96. The Kier molecular flexibility index (Phi) is 4.30. The van der Waals surface area contributed by atoms with Crippen LogP contribution < -0.4 is 0 Å². The van der Waals surface area contributed by atoms with E-state index in [-0.39, 0.29) is 21.7 Å². The molecule has 2 N–H and O–H groups in total. The van der Waals surface area contributed by atoms with Crippen LogP contribution in [0.1, 0.15) is 15.9 Å². The third-order valence-electron chi connectivity index (χ3n) is 3.25. The summed E-state index contributed by atoms with van der Waals surface area (Å²) in [7, 11) is 0. The van der Waals surface area contributed by atoms with Crippen LogP contribution in [0.15, 0.2) is 53.6 Å². The molecule has 8 heteroatoms. The molecule has 1 heterocycles. The molecule has 0 aliphatic carbocycles. The Morgan fingerprint density at radius 2 is 1.96 bits per heavy atom. The van der Waals surface area contributed by atoms with Crippen LogP contribution in [-0.4, -0.2) is 32.2 Å². The largest absolute Gasteiger partial charge is 0.478 e. The molecule has 6 nitrogen and oxygen atoms in total. The summed E-state index contributed by atoms with van der Waals surface area (Å²) in [6, 6.07) is 12.3. The number of nitrogens with zero attached hydrogens (tertiary/aromatic N) is 3. The number of H-pyrrole nitrogens is 1. The van der Waals surface area contributed by atoms with Crippen molar-refractivity contribution in [1.82, 2.24) is 14.9 Å². The second kappa shape index (κ2) is 6.55. The number of carboxylic acids is 1. The summed E-state index contributed by atoms with van der Waals surface area (Å²) >= 11 is 5.12. The summed E-state index contributed by atoms with van der Waals surface area (Å²) in [6.45, 7) is 0. The third-order valence-corrected chi connectivity index (χ3v) is 3.51. The molecule has 0 fully saturated rings. The minimum absolute atomic E-state index is 0.180. The fraction of sp³-hybridized carbons (Fsp3) is 0. The molecule has 3 rings (SSSR count). The summed E-state index contributed by atoms with van der Waals surface area (Å²) in [5.41, 5.74) is 1.12. The Labute approximate surface area is 140 Å². The van der Waals surface area contributed by atoms with Crippen LogP contribution in [0.4, 0.5) is 4.39 Å². The molecule has 0 amide bonds. The van der Waals surface area contributed by atoms with E-state index in [0.717, 1.165) is 0 Å². The summed E-state index contributed by atoms with van der Waals surface area (Å²) in [5.74, 6) is -1.19. The molecule has 0 aliphatic heterocycles. The number of carboxylic acid groups (broad SMARTS) is 1. The predicted octanol–water partition coefficient (Wildman–Crippen LogP) is 3.33. The average molecular weight is 342 g/mol. The number of benzene rings is 2. The fourth-order valence-corrected chi connectivity index (χ4v) is 2.23. The topological polar surface area (TPSA) is 83.3 Å². The van der Waals surface area contributed by atoms with Gasteiger partial charge in [0, 0.05) is 0 Å². The van der Waals surface area contributed by atoms with Gasteiger partial charge < -0.3 is 5.11 Å². The standard InChI is InChI=1S/C16H11FN4O2S/c17-13-4-2-1-3-12(13)14-19-20-16(24)21(14)18-9-10-5-7-11(8-6-10)15(22)23/h1-9H,(H,20,24)(H,22,23). The van der Waals surface area contributed by atoms with E-state index in [2.05, 4.69) is 15.3 Å². The first-order chi connectivity index (χ1) is 11.6. The SMILES string of the molecule is O=C(O)c1ccc(C=Nn2c(-c3ccccc3F)n[nH]c2=S)cc1. The first-order valence-electron chi connectivity index (χ1n) is 6.86. The maximum Gasteiger partial charge on any atom is 0.335 e. The lowest BCUT2D eigenvalue weighted by Gasteiger charge is -2.02. The van der Waals surface area contributed by atoms with Gasteiger partial charge in [-0.05, 0) is 42.0 Å². The highest BCUT2D eigenvalue weighted by atomic mass is 32.1. The van der Waals surface area contributed by atoms with Crippen molar-refractivity contribution in [3.05, 3.63) is 70.2 Å². The smallest absolute Gasteiger partial charge is 0.335 e. The Morgan fingerprint density at radius 1 is 1.25 bits per heavy atom. The molecule has 0 atom stereocenters. The maximum absolute atomic E-state index is 13.9. The van der Waals surface area contributed by atoms with Gasteiger partial charge >= 0.3 is 5.97 Å². The summed E-state index contributed by atoms with van der Waals surface area (Å²) < 4.78 is 15.5. The van der Waals surface area contributed by atoms with Gasteiger partial charge in [-0.3, -0.25) is 0 Å². The van der Waals surface area contributed by atoms with Crippen LogP contribution >= 0.6 is 12.2 Å². The van der Waals surface area contributed by atoms with Gasteiger partial charge in [0.2, 0.25) is 4.77 Å². The number of halogens is 1. The Hall–Kier alpha value is -3.13. The van der Waals surface area contributed by atoms with Gasteiger partial charge in [0.1, 0.15) is 5.82 Å². The van der Waals surface area contributed by atoms with Crippen molar-refractivity contribution in [2.24, 2.45) is 5.10 Å². The number of hydrogen-bond acceptors (Lipinski definition) is 4. The summed E-state index contributed by atoms with van der Waals surface area (Å²) in [4.78, 5) is 10.8. The second-order valence-electron chi connectivity index (χ2n) is 4.82. The van der Waals surface area contributed by atoms with Crippen molar-refractivity contribution in [3.63, 3.8) is 0 Å². The highest BCUT2D eigenvalue weighted by Gasteiger charge is 2.12. The molecule has 120 valence electrons. The maximum atomic E-state index is 13.9. The van der Waals surface area contributed by atoms with Crippen molar-refractivity contribution >= 4 is 24.4 Å². The molecule has 3 aromatic rings. The number of aromatic amines is 1. The van der Waals surface area contributed by atoms with E-state index < -0.39 is 11.8 Å². The van der Waals surface area contributed by atoms with E-state index in [1.54, 1.807) is 30.3 Å². The number of aromatic nitrogens is 3. The molecule has 1 aromatic heterocycles. The Bertz CT molecular complexity index is 976. The predicted molar refractivity (Wildman–Crippen MR) is 89.2 cm³/mol. The van der Waals surface area contributed by atoms with Gasteiger partial charge in [-0.1, -0.05) is 24.3 Å². The molecule has 24 heavy (non-hydrogen) atoms. The summed E-state index contributed by atoms with van der Waals surface area (Å²) in [5, 5.41) is 19.7. The quantitative estimate of drug-likeness (QED) is 0.563. The summed E-state index contributed by atoms with van der Waals surface area (Å²) in [6.07, 6.45) is 1.49.